The lowest BCUT2D eigenvalue weighted by atomic mass is 10.1. The van der Waals surface area contributed by atoms with Gasteiger partial charge in [0.15, 0.2) is 5.78 Å². The van der Waals surface area contributed by atoms with E-state index in [-0.39, 0.29) is 17.3 Å². The number of ketones is 1. The van der Waals surface area contributed by atoms with Gasteiger partial charge >= 0.3 is 0 Å². The van der Waals surface area contributed by atoms with Crippen molar-refractivity contribution in [3.05, 3.63) is 47.5 Å². The van der Waals surface area contributed by atoms with Crippen LogP contribution in [0.3, 0.4) is 0 Å². The van der Waals surface area contributed by atoms with E-state index in [1.807, 2.05) is 0 Å². The molecule has 0 saturated heterocycles. The molecule has 0 heterocycles. The van der Waals surface area contributed by atoms with Crippen LogP contribution in [0, 0.1) is 0 Å². The molecule has 0 radical (unpaired) electrons. The summed E-state index contributed by atoms with van der Waals surface area (Å²) in [5.41, 5.74) is 1.02. The summed E-state index contributed by atoms with van der Waals surface area (Å²) in [5, 5.41) is 2.73. The summed E-state index contributed by atoms with van der Waals surface area (Å²) >= 11 is 0. The largest absolute Gasteiger partial charge is 0.497 e. The molecule has 0 atom stereocenters. The molecule has 126 valence electrons. The maximum atomic E-state index is 12.5. The number of carbonyl (C=O) groups is 2. The first-order chi connectivity index (χ1) is 11.5. The number of hydrogen-bond acceptors (Lipinski definition) is 5. The van der Waals surface area contributed by atoms with Crippen LogP contribution in [0.15, 0.2) is 36.4 Å². The van der Waals surface area contributed by atoms with Crippen molar-refractivity contribution in [2.45, 2.75) is 6.92 Å². The molecule has 0 aliphatic carbocycles. The van der Waals surface area contributed by atoms with Gasteiger partial charge in [0.05, 0.1) is 32.6 Å². The molecule has 0 aliphatic heterocycles. The number of anilines is 1. The van der Waals surface area contributed by atoms with Gasteiger partial charge < -0.3 is 19.5 Å². The molecule has 0 saturated carbocycles. The fourth-order valence-electron chi connectivity index (χ4n) is 2.29. The van der Waals surface area contributed by atoms with Gasteiger partial charge in [-0.25, -0.2) is 0 Å². The molecule has 6 nitrogen and oxygen atoms in total. The molecule has 2 aromatic rings. The van der Waals surface area contributed by atoms with E-state index in [1.165, 1.54) is 28.3 Å². The van der Waals surface area contributed by atoms with Crippen molar-refractivity contribution in [1.29, 1.82) is 0 Å². The van der Waals surface area contributed by atoms with Crippen LogP contribution < -0.4 is 19.5 Å². The fraction of sp³-hybridized carbons (Fsp3) is 0.222. The number of hydrogen-bond donors (Lipinski definition) is 1. The van der Waals surface area contributed by atoms with Gasteiger partial charge in [-0.3, -0.25) is 9.59 Å². The van der Waals surface area contributed by atoms with Gasteiger partial charge in [0.1, 0.15) is 17.2 Å². The first-order valence-corrected chi connectivity index (χ1v) is 7.22. The average Bonchev–Trinajstić information content (AvgIpc) is 2.60. The number of ether oxygens (including phenoxy) is 3. The molecule has 6 heteroatoms. The quantitative estimate of drug-likeness (QED) is 0.824. The molecule has 1 amide bonds. The van der Waals surface area contributed by atoms with Crippen molar-refractivity contribution in [2.24, 2.45) is 0 Å². The lowest BCUT2D eigenvalue weighted by molar-refractivity contribution is 0.101. The highest BCUT2D eigenvalue weighted by Gasteiger charge is 2.19. The van der Waals surface area contributed by atoms with Crippen LogP contribution in [0.5, 0.6) is 17.2 Å². The predicted molar refractivity (Wildman–Crippen MR) is 90.5 cm³/mol. The van der Waals surface area contributed by atoms with Gasteiger partial charge in [-0.15, -0.1) is 0 Å². The SMILES string of the molecule is COc1cccc(C(=O)Nc2cc(OC)cc(OC)c2C(C)=O)c1. The van der Waals surface area contributed by atoms with Crippen LogP contribution in [0.25, 0.3) is 0 Å². The molecule has 0 spiro atoms. The van der Waals surface area contributed by atoms with Crippen LogP contribution in [0.4, 0.5) is 5.69 Å². The molecule has 1 N–H and O–H groups in total. The Labute approximate surface area is 140 Å². The summed E-state index contributed by atoms with van der Waals surface area (Å²) < 4.78 is 15.6. The summed E-state index contributed by atoms with van der Waals surface area (Å²) in [6.45, 7) is 1.41. The van der Waals surface area contributed by atoms with Crippen molar-refractivity contribution in [1.82, 2.24) is 0 Å². The summed E-state index contributed by atoms with van der Waals surface area (Å²) in [6.07, 6.45) is 0. The van der Waals surface area contributed by atoms with Gasteiger partial charge in [0.25, 0.3) is 5.91 Å². The number of nitrogens with one attached hydrogen (secondary N) is 1. The van der Waals surface area contributed by atoms with Crippen LogP contribution in [-0.4, -0.2) is 33.0 Å². The Balaban J connectivity index is 2.43. The molecule has 0 unspecified atom stereocenters. The van der Waals surface area contributed by atoms with Gasteiger partial charge in [0.2, 0.25) is 0 Å². The van der Waals surface area contributed by atoms with E-state index in [4.69, 9.17) is 14.2 Å². The van der Waals surface area contributed by atoms with E-state index >= 15 is 0 Å². The zero-order valence-electron chi connectivity index (χ0n) is 14.0. The van der Waals surface area contributed by atoms with Gasteiger partial charge in [0, 0.05) is 17.7 Å². The average molecular weight is 329 g/mol. The highest BCUT2D eigenvalue weighted by atomic mass is 16.5. The molecule has 0 aromatic heterocycles. The summed E-state index contributed by atoms with van der Waals surface area (Å²) in [4.78, 5) is 24.5. The lowest BCUT2D eigenvalue weighted by Crippen LogP contribution is -2.15. The Morgan fingerprint density at radius 1 is 0.917 bits per heavy atom. The number of amides is 1. The van der Waals surface area contributed by atoms with E-state index in [0.717, 1.165) is 0 Å². The molecule has 0 bridgehead atoms. The zero-order valence-corrected chi connectivity index (χ0v) is 14.0. The Bertz CT molecular complexity index is 770. The van der Waals surface area contributed by atoms with Crippen LogP contribution >= 0.6 is 0 Å². The van der Waals surface area contributed by atoms with E-state index in [2.05, 4.69) is 5.32 Å². The van der Waals surface area contributed by atoms with E-state index in [0.29, 0.717) is 28.5 Å². The van der Waals surface area contributed by atoms with Gasteiger partial charge in [-0.05, 0) is 25.1 Å². The minimum absolute atomic E-state index is 0.226. The van der Waals surface area contributed by atoms with Crippen LogP contribution in [0.2, 0.25) is 0 Å². The second kappa shape index (κ2) is 7.50. The number of Topliss-reactive ketones (excluding diaryl/α,β-unsaturated/α-hetero) is 1. The van der Waals surface area contributed by atoms with Gasteiger partial charge in [-0.2, -0.15) is 0 Å². The lowest BCUT2D eigenvalue weighted by Gasteiger charge is -2.15. The summed E-state index contributed by atoms with van der Waals surface area (Å²) in [5.74, 6) is 0.778. The number of methoxy groups -OCH3 is 3. The zero-order chi connectivity index (χ0) is 17.7. The van der Waals surface area contributed by atoms with Crippen molar-refractivity contribution >= 4 is 17.4 Å². The molecule has 2 aromatic carbocycles. The first-order valence-electron chi connectivity index (χ1n) is 7.22. The highest BCUT2D eigenvalue weighted by Crippen LogP contribution is 2.33. The minimum Gasteiger partial charge on any atom is -0.497 e. The second-order valence-corrected chi connectivity index (χ2v) is 4.99. The van der Waals surface area contributed by atoms with Crippen molar-refractivity contribution in [3.63, 3.8) is 0 Å². The number of carbonyl (C=O) groups excluding carboxylic acids is 2. The maximum Gasteiger partial charge on any atom is 0.255 e. The fourth-order valence-corrected chi connectivity index (χ4v) is 2.29. The summed E-state index contributed by atoms with van der Waals surface area (Å²) in [7, 11) is 4.47. The topological polar surface area (TPSA) is 73.9 Å². The normalized spacial score (nSPS) is 10.0. The third-order valence-corrected chi connectivity index (χ3v) is 3.46. The molecule has 0 fully saturated rings. The highest BCUT2D eigenvalue weighted by molar-refractivity contribution is 6.10. The predicted octanol–water partition coefficient (Wildman–Crippen LogP) is 3.17. The summed E-state index contributed by atoms with van der Waals surface area (Å²) in [6, 6.07) is 9.90. The van der Waals surface area contributed by atoms with E-state index in [9.17, 15) is 9.59 Å². The first kappa shape index (κ1) is 17.3. The van der Waals surface area contributed by atoms with Crippen LogP contribution in [-0.2, 0) is 0 Å². The maximum absolute atomic E-state index is 12.5. The standard InChI is InChI=1S/C18H19NO5/c1-11(20)17-15(9-14(23-3)10-16(17)24-4)19-18(21)12-6-5-7-13(8-12)22-2/h5-10H,1-4H3,(H,19,21). The van der Waals surface area contributed by atoms with Crippen molar-refractivity contribution in [3.8, 4) is 17.2 Å². The smallest absolute Gasteiger partial charge is 0.255 e. The molecular formula is C18H19NO5. The molecule has 0 aliphatic rings. The second-order valence-electron chi connectivity index (χ2n) is 4.99. The molecule has 2 rings (SSSR count). The van der Waals surface area contributed by atoms with Crippen LogP contribution in [0.1, 0.15) is 27.6 Å². The van der Waals surface area contributed by atoms with Crippen molar-refractivity contribution in [2.75, 3.05) is 26.6 Å². The molecule has 24 heavy (non-hydrogen) atoms. The molecular weight excluding hydrogens is 310 g/mol. The number of benzene rings is 2. The minimum atomic E-state index is -0.369. The Morgan fingerprint density at radius 2 is 1.62 bits per heavy atom. The van der Waals surface area contributed by atoms with E-state index in [1.54, 1.807) is 36.4 Å². The third kappa shape index (κ3) is 3.65. The third-order valence-electron chi connectivity index (χ3n) is 3.46. The Kier molecular flexibility index (Phi) is 5.42. The number of rotatable bonds is 6. The van der Waals surface area contributed by atoms with E-state index < -0.39 is 0 Å². The van der Waals surface area contributed by atoms with Crippen molar-refractivity contribution < 1.29 is 23.8 Å². The van der Waals surface area contributed by atoms with Gasteiger partial charge in [-0.1, -0.05) is 6.07 Å². The monoisotopic (exact) mass is 329 g/mol. The Morgan fingerprint density at radius 3 is 2.21 bits per heavy atom. The Hall–Kier alpha value is -3.02.